The third-order valence-corrected chi connectivity index (χ3v) is 2.97. The molecule has 0 bridgehead atoms. The van der Waals surface area contributed by atoms with Crippen molar-refractivity contribution in [2.24, 2.45) is 0 Å². The van der Waals surface area contributed by atoms with Gasteiger partial charge in [0, 0.05) is 17.3 Å². The zero-order chi connectivity index (χ0) is 12.4. The second-order valence-corrected chi connectivity index (χ2v) is 6.21. The van der Waals surface area contributed by atoms with Crippen LogP contribution in [0.15, 0.2) is 0 Å². The fourth-order valence-electron chi connectivity index (χ4n) is 1.78. The summed E-state index contributed by atoms with van der Waals surface area (Å²) in [6.07, 6.45) is 7.70. The molecule has 0 aliphatic rings. The first-order valence-corrected chi connectivity index (χ1v) is 7.41. The Morgan fingerprint density at radius 3 is 2.38 bits per heavy atom. The minimum absolute atomic E-state index is 0.206. The van der Waals surface area contributed by atoms with Gasteiger partial charge in [-0.3, -0.25) is 4.79 Å². The van der Waals surface area contributed by atoms with Crippen LogP contribution in [0.3, 0.4) is 0 Å². The number of hydrogen-bond acceptors (Lipinski definition) is 1. The van der Waals surface area contributed by atoms with Gasteiger partial charge in [0.2, 0.25) is 5.91 Å². The van der Waals surface area contributed by atoms with Gasteiger partial charge in [-0.05, 0) is 19.8 Å². The van der Waals surface area contributed by atoms with Crippen LogP contribution in [0.5, 0.6) is 0 Å². The number of halogens is 1. The van der Waals surface area contributed by atoms with E-state index in [0.29, 0.717) is 11.2 Å². The van der Waals surface area contributed by atoms with Crippen LogP contribution in [0.2, 0.25) is 0 Å². The molecule has 2 nitrogen and oxygen atoms in total. The molecule has 0 radical (unpaired) electrons. The molecule has 0 rings (SSSR count). The monoisotopic (exact) mass is 291 g/mol. The molecule has 0 aromatic rings. The van der Waals surface area contributed by atoms with Crippen molar-refractivity contribution >= 4 is 21.8 Å². The van der Waals surface area contributed by atoms with Gasteiger partial charge in [-0.2, -0.15) is 0 Å². The first-order valence-electron chi connectivity index (χ1n) is 6.49. The highest BCUT2D eigenvalue weighted by Gasteiger charge is 2.09. The second kappa shape index (κ2) is 10.1. The predicted molar refractivity (Wildman–Crippen MR) is 74.0 cm³/mol. The zero-order valence-corrected chi connectivity index (χ0v) is 12.5. The number of hydrogen-bond donors (Lipinski definition) is 1. The lowest BCUT2D eigenvalue weighted by Crippen LogP contribution is -2.33. The van der Waals surface area contributed by atoms with E-state index in [1.54, 1.807) is 0 Å². The largest absolute Gasteiger partial charge is 0.354 e. The summed E-state index contributed by atoms with van der Waals surface area (Å²) in [6.45, 7) is 6.37. The predicted octanol–water partition coefficient (Wildman–Crippen LogP) is 4.03. The Balaban J connectivity index is 3.43. The Bertz CT molecular complexity index is 183. The maximum Gasteiger partial charge on any atom is 0.220 e. The van der Waals surface area contributed by atoms with Crippen molar-refractivity contribution in [1.29, 1.82) is 0 Å². The van der Waals surface area contributed by atoms with Crippen molar-refractivity contribution in [3.8, 4) is 0 Å². The summed E-state index contributed by atoms with van der Waals surface area (Å²) in [7, 11) is 0. The first-order chi connectivity index (χ1) is 7.56. The van der Waals surface area contributed by atoms with Crippen molar-refractivity contribution < 1.29 is 4.79 Å². The number of nitrogens with one attached hydrogen (secondary N) is 1. The molecule has 0 saturated heterocycles. The Labute approximate surface area is 109 Å². The molecule has 16 heavy (non-hydrogen) atoms. The summed E-state index contributed by atoms with van der Waals surface area (Å²) >= 11 is 3.49. The molecular weight excluding hydrogens is 266 g/mol. The summed E-state index contributed by atoms with van der Waals surface area (Å²) in [4.78, 5) is 12.0. The highest BCUT2D eigenvalue weighted by molar-refractivity contribution is 9.09. The van der Waals surface area contributed by atoms with Gasteiger partial charge in [-0.1, -0.05) is 55.5 Å². The summed E-state index contributed by atoms with van der Waals surface area (Å²) < 4.78 is 0. The van der Waals surface area contributed by atoms with Crippen LogP contribution in [0.1, 0.15) is 65.7 Å². The number of carbonyl (C=O) groups is 1. The maximum atomic E-state index is 11.5. The lowest BCUT2D eigenvalue weighted by molar-refractivity contribution is -0.121. The molecule has 0 aliphatic heterocycles. The quantitative estimate of drug-likeness (QED) is 0.504. The maximum absolute atomic E-state index is 11.5. The lowest BCUT2D eigenvalue weighted by Gasteiger charge is -2.15. The van der Waals surface area contributed by atoms with Gasteiger partial charge in [-0.25, -0.2) is 0 Å². The van der Waals surface area contributed by atoms with Gasteiger partial charge in [0.1, 0.15) is 0 Å². The molecule has 0 saturated carbocycles. The van der Waals surface area contributed by atoms with E-state index in [9.17, 15) is 4.79 Å². The normalized spacial score (nSPS) is 14.5. The van der Waals surface area contributed by atoms with Crippen LogP contribution in [0.25, 0.3) is 0 Å². The van der Waals surface area contributed by atoms with Gasteiger partial charge in [-0.15, -0.1) is 0 Å². The van der Waals surface area contributed by atoms with Crippen LogP contribution >= 0.6 is 15.9 Å². The van der Waals surface area contributed by atoms with Gasteiger partial charge in [0.05, 0.1) is 0 Å². The standard InChI is InChI=1S/C13H26BrNO/c1-4-5-6-7-8-9-13(16)15-12(3)10-11(2)14/h11-12H,4-10H2,1-3H3,(H,15,16). The summed E-state index contributed by atoms with van der Waals surface area (Å²) in [5.41, 5.74) is 0. The molecular formula is C13H26BrNO. The van der Waals surface area contributed by atoms with E-state index in [1.165, 1.54) is 25.7 Å². The van der Waals surface area contributed by atoms with Crippen LogP contribution in [0, 0.1) is 0 Å². The van der Waals surface area contributed by atoms with E-state index in [0.717, 1.165) is 12.8 Å². The van der Waals surface area contributed by atoms with Crippen LogP contribution < -0.4 is 5.32 Å². The molecule has 0 spiro atoms. The number of alkyl halides is 1. The van der Waals surface area contributed by atoms with Gasteiger partial charge < -0.3 is 5.32 Å². The number of unbranched alkanes of at least 4 members (excludes halogenated alkanes) is 4. The van der Waals surface area contributed by atoms with E-state index in [-0.39, 0.29) is 11.9 Å². The lowest BCUT2D eigenvalue weighted by atomic mass is 10.1. The fourth-order valence-corrected chi connectivity index (χ4v) is 2.34. The molecule has 0 aromatic carbocycles. The van der Waals surface area contributed by atoms with Crippen molar-refractivity contribution in [2.45, 2.75) is 76.6 Å². The van der Waals surface area contributed by atoms with Crippen LogP contribution in [-0.4, -0.2) is 16.8 Å². The van der Waals surface area contributed by atoms with E-state index in [1.807, 2.05) is 0 Å². The SMILES string of the molecule is CCCCCCCC(=O)NC(C)CC(C)Br. The Morgan fingerprint density at radius 2 is 1.81 bits per heavy atom. The van der Waals surface area contributed by atoms with E-state index in [2.05, 4.69) is 42.0 Å². The third kappa shape index (κ3) is 10.5. The van der Waals surface area contributed by atoms with Crippen molar-refractivity contribution in [3.05, 3.63) is 0 Å². The van der Waals surface area contributed by atoms with E-state index >= 15 is 0 Å². The highest BCUT2D eigenvalue weighted by atomic mass is 79.9. The molecule has 96 valence electrons. The van der Waals surface area contributed by atoms with Gasteiger partial charge in [0.15, 0.2) is 0 Å². The topological polar surface area (TPSA) is 29.1 Å². The fraction of sp³-hybridized carbons (Fsp3) is 0.923. The van der Waals surface area contributed by atoms with Crippen LogP contribution in [0.4, 0.5) is 0 Å². The Kier molecular flexibility index (Phi) is 10.1. The highest BCUT2D eigenvalue weighted by Crippen LogP contribution is 2.08. The molecule has 0 aromatic heterocycles. The third-order valence-electron chi connectivity index (χ3n) is 2.59. The van der Waals surface area contributed by atoms with Gasteiger partial charge in [0.25, 0.3) is 0 Å². The first kappa shape index (κ1) is 16.0. The van der Waals surface area contributed by atoms with E-state index < -0.39 is 0 Å². The minimum Gasteiger partial charge on any atom is -0.354 e. The van der Waals surface area contributed by atoms with Crippen molar-refractivity contribution in [1.82, 2.24) is 5.32 Å². The average molecular weight is 292 g/mol. The zero-order valence-electron chi connectivity index (χ0n) is 10.9. The molecule has 0 aliphatic carbocycles. The number of amides is 1. The molecule has 0 heterocycles. The van der Waals surface area contributed by atoms with Crippen molar-refractivity contribution in [3.63, 3.8) is 0 Å². The molecule has 1 amide bonds. The van der Waals surface area contributed by atoms with Crippen LogP contribution in [-0.2, 0) is 4.79 Å². The molecule has 1 N–H and O–H groups in total. The second-order valence-electron chi connectivity index (χ2n) is 4.65. The van der Waals surface area contributed by atoms with Crippen molar-refractivity contribution in [2.75, 3.05) is 0 Å². The smallest absolute Gasteiger partial charge is 0.220 e. The molecule has 3 heteroatoms. The minimum atomic E-state index is 0.206. The number of rotatable bonds is 9. The summed E-state index contributed by atoms with van der Waals surface area (Å²) in [5, 5.41) is 3.03. The number of carbonyl (C=O) groups excluding carboxylic acids is 1. The van der Waals surface area contributed by atoms with Gasteiger partial charge >= 0.3 is 0 Å². The summed E-state index contributed by atoms with van der Waals surface area (Å²) in [5.74, 6) is 0.206. The Hall–Kier alpha value is -0.0500. The Morgan fingerprint density at radius 1 is 1.19 bits per heavy atom. The molecule has 0 fully saturated rings. The molecule has 2 atom stereocenters. The average Bonchev–Trinajstić information content (AvgIpc) is 2.15. The van der Waals surface area contributed by atoms with E-state index in [4.69, 9.17) is 0 Å². The summed E-state index contributed by atoms with van der Waals surface area (Å²) in [6, 6.07) is 0.275. The molecule has 2 unspecified atom stereocenters.